The third-order valence-electron chi connectivity index (χ3n) is 3.16. The monoisotopic (exact) mass is 269 g/mol. The van der Waals surface area contributed by atoms with Crippen molar-refractivity contribution in [2.45, 2.75) is 25.8 Å². The van der Waals surface area contributed by atoms with Crippen LogP contribution in [0.25, 0.3) is 10.9 Å². The lowest BCUT2D eigenvalue weighted by molar-refractivity contribution is -0.383. The number of fused-ring (bicyclic) bond motifs is 1. The summed E-state index contributed by atoms with van der Waals surface area (Å²) in [4.78, 5) is 14.7. The van der Waals surface area contributed by atoms with E-state index in [0.29, 0.717) is 11.9 Å². The van der Waals surface area contributed by atoms with E-state index in [-0.39, 0.29) is 11.7 Å². The average Bonchev–Trinajstić information content (AvgIpc) is 2.46. The molecule has 1 heterocycles. The highest BCUT2D eigenvalue weighted by Gasteiger charge is 2.15. The van der Waals surface area contributed by atoms with Gasteiger partial charge in [-0.15, -0.1) is 12.3 Å². The molecule has 5 nitrogen and oxygen atoms in total. The van der Waals surface area contributed by atoms with Gasteiger partial charge in [0.1, 0.15) is 5.52 Å². The molecule has 2 aromatic rings. The lowest BCUT2D eigenvalue weighted by Gasteiger charge is -2.17. The predicted octanol–water partition coefficient (Wildman–Crippen LogP) is 3.36. The van der Waals surface area contributed by atoms with Gasteiger partial charge < -0.3 is 5.32 Å². The zero-order valence-electron chi connectivity index (χ0n) is 11.2. The maximum Gasteiger partial charge on any atom is 0.295 e. The number of hydrogen-bond acceptors (Lipinski definition) is 4. The summed E-state index contributed by atoms with van der Waals surface area (Å²) in [5.41, 5.74) is 1.22. The van der Waals surface area contributed by atoms with Crippen molar-refractivity contribution in [2.75, 3.05) is 5.32 Å². The number of hydrogen-bond donors (Lipinski definition) is 1. The minimum Gasteiger partial charge on any atom is -0.381 e. The van der Waals surface area contributed by atoms with Crippen molar-refractivity contribution in [3.05, 3.63) is 40.6 Å². The topological polar surface area (TPSA) is 68.1 Å². The van der Waals surface area contributed by atoms with Gasteiger partial charge >= 0.3 is 0 Å². The Morgan fingerprint density at radius 2 is 2.30 bits per heavy atom. The van der Waals surface area contributed by atoms with Crippen LogP contribution in [0.1, 0.15) is 19.8 Å². The molecule has 0 amide bonds. The number of nitro groups is 1. The molecule has 0 aliphatic carbocycles. The number of nitrogens with one attached hydrogen (secondary N) is 1. The maximum absolute atomic E-state index is 11.0. The SMILES string of the molecule is C#CCC(CC)Nc1ccnc2c([N+](=O)[O-])cccc12. The molecule has 0 bridgehead atoms. The van der Waals surface area contributed by atoms with Crippen LogP contribution in [0, 0.1) is 22.5 Å². The Balaban J connectivity index is 2.48. The molecule has 0 radical (unpaired) electrons. The third-order valence-corrected chi connectivity index (χ3v) is 3.16. The van der Waals surface area contributed by atoms with Crippen LogP contribution in [-0.4, -0.2) is 15.9 Å². The second kappa shape index (κ2) is 6.02. The van der Waals surface area contributed by atoms with E-state index in [9.17, 15) is 10.1 Å². The van der Waals surface area contributed by atoms with Gasteiger partial charge in [-0.05, 0) is 12.5 Å². The number of pyridine rings is 1. The lowest BCUT2D eigenvalue weighted by atomic mass is 10.1. The van der Waals surface area contributed by atoms with E-state index in [1.807, 2.05) is 19.1 Å². The van der Waals surface area contributed by atoms with Crippen molar-refractivity contribution in [2.24, 2.45) is 0 Å². The molecule has 0 spiro atoms. The molecule has 102 valence electrons. The molecular formula is C15H15N3O2. The van der Waals surface area contributed by atoms with Crippen LogP contribution in [0.15, 0.2) is 30.5 Å². The highest BCUT2D eigenvalue weighted by molar-refractivity contribution is 5.96. The third kappa shape index (κ3) is 2.69. The molecule has 0 fully saturated rings. The highest BCUT2D eigenvalue weighted by atomic mass is 16.6. The number of terminal acetylenes is 1. The first-order chi connectivity index (χ1) is 9.67. The van der Waals surface area contributed by atoms with E-state index in [4.69, 9.17) is 6.42 Å². The summed E-state index contributed by atoms with van der Waals surface area (Å²) in [6.45, 7) is 2.04. The number of nitro benzene ring substituents is 1. The van der Waals surface area contributed by atoms with Crippen molar-refractivity contribution in [1.82, 2.24) is 4.98 Å². The Bertz CT molecular complexity index is 676. The summed E-state index contributed by atoms with van der Waals surface area (Å²) in [5, 5.41) is 15.1. The average molecular weight is 269 g/mol. The fraction of sp³-hybridized carbons (Fsp3) is 0.267. The molecule has 5 heteroatoms. The summed E-state index contributed by atoms with van der Waals surface area (Å²) in [6, 6.07) is 6.89. The number of non-ortho nitro benzene ring substituents is 1. The molecule has 2 rings (SSSR count). The molecule has 1 unspecified atom stereocenters. The molecule has 0 saturated carbocycles. The van der Waals surface area contributed by atoms with Crippen LogP contribution in [0.4, 0.5) is 11.4 Å². The summed E-state index contributed by atoms with van der Waals surface area (Å²) in [5.74, 6) is 2.63. The fourth-order valence-corrected chi connectivity index (χ4v) is 2.09. The number of para-hydroxylation sites is 1. The summed E-state index contributed by atoms with van der Waals surface area (Å²) in [7, 11) is 0. The first-order valence-corrected chi connectivity index (χ1v) is 6.39. The van der Waals surface area contributed by atoms with Gasteiger partial charge in [0.2, 0.25) is 0 Å². The smallest absolute Gasteiger partial charge is 0.295 e. The molecule has 1 N–H and O–H groups in total. The van der Waals surface area contributed by atoms with Crippen LogP contribution in [0.3, 0.4) is 0 Å². The highest BCUT2D eigenvalue weighted by Crippen LogP contribution is 2.29. The summed E-state index contributed by atoms with van der Waals surface area (Å²) in [6.07, 6.45) is 8.40. The van der Waals surface area contributed by atoms with Gasteiger partial charge in [-0.3, -0.25) is 10.1 Å². The van der Waals surface area contributed by atoms with Crippen molar-refractivity contribution in [3.8, 4) is 12.3 Å². The Labute approximate surface area is 117 Å². The number of benzene rings is 1. The molecule has 1 aromatic carbocycles. The Morgan fingerprint density at radius 3 is 2.95 bits per heavy atom. The van der Waals surface area contributed by atoms with Gasteiger partial charge in [0, 0.05) is 35.8 Å². The first kappa shape index (κ1) is 13.8. The van der Waals surface area contributed by atoms with Crippen molar-refractivity contribution >= 4 is 22.3 Å². The van der Waals surface area contributed by atoms with Crippen LogP contribution < -0.4 is 5.32 Å². The second-order valence-electron chi connectivity index (χ2n) is 4.45. The first-order valence-electron chi connectivity index (χ1n) is 6.39. The van der Waals surface area contributed by atoms with Gasteiger partial charge in [0.15, 0.2) is 0 Å². The van der Waals surface area contributed by atoms with E-state index in [2.05, 4.69) is 16.2 Å². The lowest BCUT2D eigenvalue weighted by Crippen LogP contribution is -2.17. The Hall–Kier alpha value is -2.61. The van der Waals surface area contributed by atoms with Gasteiger partial charge in [-0.2, -0.15) is 0 Å². The van der Waals surface area contributed by atoms with Gasteiger partial charge in [0.25, 0.3) is 5.69 Å². The number of nitrogens with zero attached hydrogens (tertiary/aromatic N) is 2. The molecule has 1 atom stereocenters. The molecule has 0 saturated heterocycles. The van der Waals surface area contributed by atoms with E-state index in [0.717, 1.165) is 17.5 Å². The van der Waals surface area contributed by atoms with Crippen LogP contribution in [-0.2, 0) is 0 Å². The van der Waals surface area contributed by atoms with Crippen LogP contribution in [0.5, 0.6) is 0 Å². The second-order valence-corrected chi connectivity index (χ2v) is 4.45. The fourth-order valence-electron chi connectivity index (χ4n) is 2.09. The standard InChI is InChI=1S/C15H15N3O2/c1-3-6-11(4-2)17-13-9-10-16-15-12(13)7-5-8-14(15)18(19)20/h1,5,7-11H,4,6H2,2H3,(H,16,17). The maximum atomic E-state index is 11.0. The molecule has 0 aliphatic heterocycles. The van der Waals surface area contributed by atoms with Crippen LogP contribution >= 0.6 is 0 Å². The summed E-state index contributed by atoms with van der Waals surface area (Å²) < 4.78 is 0. The quantitative estimate of drug-likeness (QED) is 0.513. The van der Waals surface area contributed by atoms with E-state index in [1.165, 1.54) is 6.07 Å². The van der Waals surface area contributed by atoms with Crippen molar-refractivity contribution in [1.29, 1.82) is 0 Å². The zero-order valence-corrected chi connectivity index (χ0v) is 11.2. The zero-order chi connectivity index (χ0) is 14.5. The minimum atomic E-state index is -0.419. The predicted molar refractivity (Wildman–Crippen MR) is 79.5 cm³/mol. The largest absolute Gasteiger partial charge is 0.381 e. The van der Waals surface area contributed by atoms with Crippen LogP contribution in [0.2, 0.25) is 0 Å². The minimum absolute atomic E-state index is 0.0103. The molecule has 0 aliphatic rings. The molecule has 20 heavy (non-hydrogen) atoms. The number of aromatic nitrogens is 1. The molecular weight excluding hydrogens is 254 g/mol. The number of anilines is 1. The van der Waals surface area contributed by atoms with E-state index >= 15 is 0 Å². The summed E-state index contributed by atoms with van der Waals surface area (Å²) >= 11 is 0. The van der Waals surface area contributed by atoms with E-state index in [1.54, 1.807) is 12.3 Å². The van der Waals surface area contributed by atoms with Gasteiger partial charge in [0.05, 0.1) is 4.92 Å². The van der Waals surface area contributed by atoms with Gasteiger partial charge in [-0.1, -0.05) is 19.1 Å². The normalized spacial score (nSPS) is 11.8. The number of rotatable bonds is 5. The van der Waals surface area contributed by atoms with Crippen molar-refractivity contribution in [3.63, 3.8) is 0 Å². The van der Waals surface area contributed by atoms with Gasteiger partial charge in [-0.25, -0.2) is 4.98 Å². The Kier molecular flexibility index (Phi) is 4.16. The molecule has 1 aromatic heterocycles. The Morgan fingerprint density at radius 1 is 1.50 bits per heavy atom. The van der Waals surface area contributed by atoms with E-state index < -0.39 is 4.92 Å². The van der Waals surface area contributed by atoms with Crippen molar-refractivity contribution < 1.29 is 4.92 Å².